The minimum absolute atomic E-state index is 0.107. The number of aromatic nitrogens is 1. The van der Waals surface area contributed by atoms with Crippen molar-refractivity contribution in [2.75, 3.05) is 44.7 Å². The Hall–Kier alpha value is -2.47. The molecular formula is C22H27FN4O. The Morgan fingerprint density at radius 2 is 1.79 bits per heavy atom. The molecule has 2 aliphatic rings. The number of carbonyl (C=O) groups excluding carboxylic acids is 1. The van der Waals surface area contributed by atoms with Crippen molar-refractivity contribution in [3.8, 4) is 0 Å². The van der Waals surface area contributed by atoms with Crippen LogP contribution in [0.4, 0.5) is 10.2 Å². The third-order valence-corrected chi connectivity index (χ3v) is 5.81. The third kappa shape index (κ3) is 3.87. The van der Waals surface area contributed by atoms with E-state index in [1.807, 2.05) is 18.2 Å². The molecule has 2 fully saturated rings. The Morgan fingerprint density at radius 1 is 1.00 bits per heavy atom. The summed E-state index contributed by atoms with van der Waals surface area (Å²) in [7, 11) is 2.12. The maximum Gasteiger partial charge on any atom is 0.273 e. The van der Waals surface area contributed by atoms with Gasteiger partial charge in [0.2, 0.25) is 0 Å². The van der Waals surface area contributed by atoms with Gasteiger partial charge in [0.25, 0.3) is 5.91 Å². The van der Waals surface area contributed by atoms with Crippen LogP contribution in [0.15, 0.2) is 42.5 Å². The number of piperazine rings is 1. The topological polar surface area (TPSA) is 39.7 Å². The first-order valence-corrected chi connectivity index (χ1v) is 10.1. The minimum atomic E-state index is -0.244. The van der Waals surface area contributed by atoms with E-state index in [0.717, 1.165) is 51.3 Å². The summed E-state index contributed by atoms with van der Waals surface area (Å²) in [5.41, 5.74) is 1.05. The second-order valence-corrected chi connectivity index (χ2v) is 7.70. The Morgan fingerprint density at radius 3 is 2.57 bits per heavy atom. The molecule has 2 saturated heterocycles. The molecule has 5 nitrogen and oxygen atoms in total. The summed E-state index contributed by atoms with van der Waals surface area (Å²) in [6.45, 7) is 4.42. The average Bonchev–Trinajstić information content (AvgIpc) is 2.74. The van der Waals surface area contributed by atoms with Crippen LogP contribution in [0.5, 0.6) is 0 Å². The fourth-order valence-corrected chi connectivity index (χ4v) is 4.14. The van der Waals surface area contributed by atoms with Crippen LogP contribution in [0.1, 0.15) is 41.4 Å². The summed E-state index contributed by atoms with van der Waals surface area (Å²) in [6.07, 6.45) is 2.72. The summed E-state index contributed by atoms with van der Waals surface area (Å²) in [5, 5.41) is 0. The van der Waals surface area contributed by atoms with Gasteiger partial charge in [0.15, 0.2) is 0 Å². The molecule has 148 valence electrons. The molecule has 28 heavy (non-hydrogen) atoms. The van der Waals surface area contributed by atoms with Gasteiger partial charge in [-0.2, -0.15) is 0 Å². The van der Waals surface area contributed by atoms with Crippen molar-refractivity contribution in [3.63, 3.8) is 0 Å². The number of hydrogen-bond donors (Lipinski definition) is 0. The maximum absolute atomic E-state index is 14.4. The van der Waals surface area contributed by atoms with Gasteiger partial charge >= 0.3 is 0 Å². The van der Waals surface area contributed by atoms with Gasteiger partial charge in [0, 0.05) is 38.3 Å². The standard InChI is InChI=1S/C22H27FN4O/c1-25-13-15-26(16-14-25)21-11-6-9-19(24-21)22(28)27-12-5-4-10-20(27)17-7-2-3-8-18(17)23/h2-3,6-9,11,20H,4-5,10,12-16H2,1H3/t20-/m0/s1. The van der Waals surface area contributed by atoms with Crippen LogP contribution in [-0.4, -0.2) is 60.5 Å². The number of likely N-dealkylation sites (N-methyl/N-ethyl adjacent to an activating group) is 1. The zero-order chi connectivity index (χ0) is 19.5. The molecule has 2 aromatic rings. The molecule has 1 aromatic carbocycles. The van der Waals surface area contributed by atoms with Crippen LogP contribution >= 0.6 is 0 Å². The fourth-order valence-electron chi connectivity index (χ4n) is 4.14. The number of benzene rings is 1. The van der Waals surface area contributed by atoms with Crippen molar-refractivity contribution in [1.29, 1.82) is 0 Å². The van der Waals surface area contributed by atoms with Crippen molar-refractivity contribution in [1.82, 2.24) is 14.8 Å². The number of halogens is 1. The maximum atomic E-state index is 14.4. The Kier molecular flexibility index (Phi) is 5.57. The molecule has 0 radical (unpaired) electrons. The normalized spacial score (nSPS) is 21.0. The van der Waals surface area contributed by atoms with E-state index in [1.165, 1.54) is 6.07 Å². The lowest BCUT2D eigenvalue weighted by molar-refractivity contribution is 0.0601. The van der Waals surface area contributed by atoms with Crippen LogP contribution in [0.3, 0.4) is 0 Å². The minimum Gasteiger partial charge on any atom is -0.354 e. The summed E-state index contributed by atoms with van der Waals surface area (Å²) >= 11 is 0. The monoisotopic (exact) mass is 382 g/mol. The number of piperidine rings is 1. The van der Waals surface area contributed by atoms with E-state index < -0.39 is 0 Å². The van der Waals surface area contributed by atoms with Crippen molar-refractivity contribution < 1.29 is 9.18 Å². The van der Waals surface area contributed by atoms with Gasteiger partial charge in [-0.15, -0.1) is 0 Å². The van der Waals surface area contributed by atoms with E-state index in [4.69, 9.17) is 0 Å². The van der Waals surface area contributed by atoms with E-state index in [2.05, 4.69) is 21.8 Å². The highest BCUT2D eigenvalue weighted by atomic mass is 19.1. The quantitative estimate of drug-likeness (QED) is 0.816. The van der Waals surface area contributed by atoms with E-state index in [-0.39, 0.29) is 17.8 Å². The molecule has 6 heteroatoms. The molecule has 1 amide bonds. The zero-order valence-corrected chi connectivity index (χ0v) is 16.4. The van der Waals surface area contributed by atoms with Gasteiger partial charge in [-0.1, -0.05) is 24.3 Å². The van der Waals surface area contributed by atoms with Gasteiger partial charge in [-0.05, 0) is 44.5 Å². The number of anilines is 1. The molecule has 0 N–H and O–H groups in total. The molecule has 0 unspecified atom stereocenters. The second kappa shape index (κ2) is 8.27. The first-order valence-electron chi connectivity index (χ1n) is 10.1. The molecule has 0 spiro atoms. The highest BCUT2D eigenvalue weighted by Gasteiger charge is 2.31. The summed E-state index contributed by atoms with van der Waals surface area (Å²) in [6, 6.07) is 12.2. The highest BCUT2D eigenvalue weighted by molar-refractivity contribution is 5.93. The van der Waals surface area contributed by atoms with Gasteiger partial charge in [0.05, 0.1) is 6.04 Å². The lowest BCUT2D eigenvalue weighted by Crippen LogP contribution is -2.45. The molecule has 4 rings (SSSR count). The molecule has 0 aliphatic carbocycles. The number of pyridine rings is 1. The summed E-state index contributed by atoms with van der Waals surface area (Å²) in [4.78, 5) is 24.3. The van der Waals surface area contributed by atoms with Crippen LogP contribution in [0, 0.1) is 5.82 Å². The first-order chi connectivity index (χ1) is 13.6. The SMILES string of the molecule is CN1CCN(c2cccc(C(=O)N3CCCC[C@H]3c3ccccc3F)n2)CC1. The number of amides is 1. The van der Waals surface area contributed by atoms with Crippen LogP contribution in [0.2, 0.25) is 0 Å². The van der Waals surface area contributed by atoms with E-state index >= 15 is 0 Å². The molecule has 0 saturated carbocycles. The molecule has 1 atom stereocenters. The van der Waals surface area contributed by atoms with Gasteiger partial charge in [-0.25, -0.2) is 9.37 Å². The number of hydrogen-bond acceptors (Lipinski definition) is 4. The van der Waals surface area contributed by atoms with Gasteiger partial charge < -0.3 is 14.7 Å². The fraction of sp³-hybridized carbons (Fsp3) is 0.455. The number of likely N-dealkylation sites (tertiary alicyclic amines) is 1. The van der Waals surface area contributed by atoms with Crippen LogP contribution in [-0.2, 0) is 0 Å². The molecule has 3 heterocycles. The van der Waals surface area contributed by atoms with Crippen molar-refractivity contribution in [2.45, 2.75) is 25.3 Å². The summed E-state index contributed by atoms with van der Waals surface area (Å²) < 4.78 is 14.4. The molecule has 2 aliphatic heterocycles. The molecule has 0 bridgehead atoms. The second-order valence-electron chi connectivity index (χ2n) is 7.70. The highest BCUT2D eigenvalue weighted by Crippen LogP contribution is 2.33. The predicted molar refractivity (Wildman–Crippen MR) is 108 cm³/mol. The van der Waals surface area contributed by atoms with E-state index in [0.29, 0.717) is 17.8 Å². The van der Waals surface area contributed by atoms with E-state index in [1.54, 1.807) is 23.1 Å². The molecule has 1 aromatic heterocycles. The Labute approximate surface area is 165 Å². The number of carbonyl (C=O) groups is 1. The average molecular weight is 382 g/mol. The first kappa shape index (κ1) is 18.9. The van der Waals surface area contributed by atoms with Crippen molar-refractivity contribution in [2.24, 2.45) is 0 Å². The Balaban J connectivity index is 1.57. The smallest absolute Gasteiger partial charge is 0.273 e. The largest absolute Gasteiger partial charge is 0.354 e. The lowest BCUT2D eigenvalue weighted by atomic mass is 9.94. The van der Waals surface area contributed by atoms with Crippen molar-refractivity contribution in [3.05, 3.63) is 59.5 Å². The molecular weight excluding hydrogens is 355 g/mol. The van der Waals surface area contributed by atoms with Crippen LogP contribution < -0.4 is 4.90 Å². The van der Waals surface area contributed by atoms with E-state index in [9.17, 15) is 9.18 Å². The zero-order valence-electron chi connectivity index (χ0n) is 16.4. The van der Waals surface area contributed by atoms with Gasteiger partial charge in [0.1, 0.15) is 17.3 Å². The lowest BCUT2D eigenvalue weighted by Gasteiger charge is -2.36. The Bertz CT molecular complexity index is 835. The third-order valence-electron chi connectivity index (χ3n) is 5.81. The van der Waals surface area contributed by atoms with Crippen molar-refractivity contribution >= 4 is 11.7 Å². The number of rotatable bonds is 3. The van der Waals surface area contributed by atoms with Gasteiger partial charge in [-0.3, -0.25) is 4.79 Å². The predicted octanol–water partition coefficient (Wildman–Crippen LogP) is 3.34. The summed E-state index contributed by atoms with van der Waals surface area (Å²) in [5.74, 6) is 0.494. The van der Waals surface area contributed by atoms with Crippen LogP contribution in [0.25, 0.3) is 0 Å². The number of nitrogens with zero attached hydrogens (tertiary/aromatic N) is 4.